The van der Waals surface area contributed by atoms with E-state index in [9.17, 15) is 13.5 Å². The maximum absolute atomic E-state index is 11.8. The SMILES string of the molecule is O=S(=O)(NCC1CCC(O)C1)c1cnc(Cl)s1. The Morgan fingerprint density at radius 2 is 2.35 bits per heavy atom. The smallest absolute Gasteiger partial charge is 0.251 e. The minimum Gasteiger partial charge on any atom is -0.393 e. The van der Waals surface area contributed by atoms with Crippen molar-refractivity contribution >= 4 is 33.0 Å². The van der Waals surface area contributed by atoms with Crippen molar-refractivity contribution in [1.82, 2.24) is 9.71 Å². The van der Waals surface area contributed by atoms with E-state index in [1.807, 2.05) is 0 Å². The van der Waals surface area contributed by atoms with Crippen LogP contribution in [0.3, 0.4) is 0 Å². The fourth-order valence-electron chi connectivity index (χ4n) is 1.90. The van der Waals surface area contributed by atoms with Gasteiger partial charge in [-0.1, -0.05) is 22.9 Å². The summed E-state index contributed by atoms with van der Waals surface area (Å²) in [5.41, 5.74) is 0. The van der Waals surface area contributed by atoms with E-state index in [2.05, 4.69) is 9.71 Å². The summed E-state index contributed by atoms with van der Waals surface area (Å²) in [6.45, 7) is 0.356. The second-order valence-electron chi connectivity index (χ2n) is 4.12. The third kappa shape index (κ3) is 3.38. The largest absolute Gasteiger partial charge is 0.393 e. The summed E-state index contributed by atoms with van der Waals surface area (Å²) in [4.78, 5) is 3.70. The second kappa shape index (κ2) is 5.19. The number of hydrogen-bond donors (Lipinski definition) is 2. The molecule has 5 nitrogen and oxygen atoms in total. The average molecular weight is 297 g/mol. The van der Waals surface area contributed by atoms with Crippen molar-refractivity contribution in [2.75, 3.05) is 6.54 Å². The first-order chi connectivity index (χ1) is 7.97. The molecule has 0 radical (unpaired) electrons. The van der Waals surface area contributed by atoms with Crippen LogP contribution in [0.5, 0.6) is 0 Å². The first kappa shape index (κ1) is 13.2. The zero-order valence-electron chi connectivity index (χ0n) is 8.97. The highest BCUT2D eigenvalue weighted by Gasteiger charge is 2.25. The molecule has 2 rings (SSSR count). The van der Waals surface area contributed by atoms with Crippen LogP contribution in [0.1, 0.15) is 19.3 Å². The van der Waals surface area contributed by atoms with Crippen LogP contribution in [0.15, 0.2) is 10.4 Å². The predicted molar refractivity (Wildman–Crippen MR) is 65.7 cm³/mol. The lowest BCUT2D eigenvalue weighted by molar-refractivity contribution is 0.178. The van der Waals surface area contributed by atoms with Crippen LogP contribution in [0, 0.1) is 5.92 Å². The fraction of sp³-hybridized carbons (Fsp3) is 0.667. The van der Waals surface area contributed by atoms with Gasteiger partial charge in [0.15, 0.2) is 8.68 Å². The van der Waals surface area contributed by atoms with Gasteiger partial charge in [-0.25, -0.2) is 18.1 Å². The molecule has 2 N–H and O–H groups in total. The highest BCUT2D eigenvalue weighted by Crippen LogP contribution is 2.26. The molecule has 2 unspecified atom stereocenters. The summed E-state index contributed by atoms with van der Waals surface area (Å²) in [6, 6.07) is 0. The van der Waals surface area contributed by atoms with Gasteiger partial charge in [0, 0.05) is 6.54 Å². The molecule has 0 spiro atoms. The number of aliphatic hydroxyl groups excluding tert-OH is 1. The fourth-order valence-corrected chi connectivity index (χ4v) is 4.35. The summed E-state index contributed by atoms with van der Waals surface area (Å²) in [7, 11) is -3.50. The number of aromatic nitrogens is 1. The zero-order valence-corrected chi connectivity index (χ0v) is 11.4. The maximum Gasteiger partial charge on any atom is 0.251 e. The Morgan fingerprint density at radius 1 is 1.59 bits per heavy atom. The van der Waals surface area contributed by atoms with E-state index in [-0.39, 0.29) is 20.7 Å². The van der Waals surface area contributed by atoms with Gasteiger partial charge in [0.1, 0.15) is 0 Å². The number of sulfonamides is 1. The van der Waals surface area contributed by atoms with Gasteiger partial charge in [-0.15, -0.1) is 0 Å². The maximum atomic E-state index is 11.8. The lowest BCUT2D eigenvalue weighted by Crippen LogP contribution is -2.28. The summed E-state index contributed by atoms with van der Waals surface area (Å²) in [6.07, 6.45) is 3.22. The topological polar surface area (TPSA) is 79.3 Å². The van der Waals surface area contributed by atoms with Crippen molar-refractivity contribution < 1.29 is 13.5 Å². The molecule has 8 heteroatoms. The monoisotopic (exact) mass is 296 g/mol. The van der Waals surface area contributed by atoms with Gasteiger partial charge in [0.2, 0.25) is 0 Å². The van der Waals surface area contributed by atoms with E-state index in [1.165, 1.54) is 6.20 Å². The molecule has 2 atom stereocenters. The molecule has 1 aromatic rings. The molecule has 0 amide bonds. The summed E-state index contributed by atoms with van der Waals surface area (Å²) in [5.74, 6) is 0.211. The second-order valence-corrected chi connectivity index (χ2v) is 7.72. The number of nitrogens with one attached hydrogen (secondary N) is 1. The lowest BCUT2D eigenvalue weighted by Gasteiger charge is -2.09. The predicted octanol–water partition coefficient (Wildman–Crippen LogP) is 1.24. The number of halogens is 1. The standard InChI is InChI=1S/C9H13ClN2O3S2/c10-9-11-5-8(16-9)17(14,15)12-4-6-1-2-7(13)3-6/h5-7,12-13H,1-4H2. The number of rotatable bonds is 4. The Hall–Kier alpha value is -0.210. The first-order valence-electron chi connectivity index (χ1n) is 5.26. The number of nitrogens with zero attached hydrogens (tertiary/aromatic N) is 1. The molecule has 0 aromatic carbocycles. The van der Waals surface area contributed by atoms with E-state index in [0.717, 1.165) is 24.2 Å². The quantitative estimate of drug-likeness (QED) is 0.876. The molecular weight excluding hydrogens is 284 g/mol. The summed E-state index contributed by atoms with van der Waals surface area (Å²) in [5, 5.41) is 9.35. The van der Waals surface area contributed by atoms with Gasteiger partial charge in [-0.05, 0) is 25.2 Å². The third-order valence-electron chi connectivity index (χ3n) is 2.80. The molecule has 1 aromatic heterocycles. The molecule has 17 heavy (non-hydrogen) atoms. The Kier molecular flexibility index (Phi) is 4.04. The van der Waals surface area contributed by atoms with Crippen LogP contribution in [-0.2, 0) is 10.0 Å². The average Bonchev–Trinajstić information content (AvgIpc) is 2.85. The van der Waals surface area contributed by atoms with Crippen LogP contribution < -0.4 is 4.72 Å². The van der Waals surface area contributed by atoms with Crippen molar-refractivity contribution in [2.24, 2.45) is 5.92 Å². The van der Waals surface area contributed by atoms with Crippen molar-refractivity contribution in [3.05, 3.63) is 10.7 Å². The van der Waals surface area contributed by atoms with E-state index in [4.69, 9.17) is 11.6 Å². The molecule has 1 aliphatic rings. The minimum absolute atomic E-state index is 0.126. The van der Waals surface area contributed by atoms with Crippen molar-refractivity contribution in [2.45, 2.75) is 29.6 Å². The molecule has 1 aliphatic carbocycles. The molecule has 1 heterocycles. The Balaban J connectivity index is 1.94. The first-order valence-corrected chi connectivity index (χ1v) is 7.94. The zero-order chi connectivity index (χ0) is 12.5. The van der Waals surface area contributed by atoms with Crippen LogP contribution in [0.4, 0.5) is 0 Å². The van der Waals surface area contributed by atoms with E-state index < -0.39 is 10.0 Å². The summed E-state index contributed by atoms with van der Waals surface area (Å²) < 4.78 is 26.5. The minimum atomic E-state index is -3.50. The number of aliphatic hydroxyl groups is 1. The van der Waals surface area contributed by atoms with Crippen molar-refractivity contribution in [3.63, 3.8) is 0 Å². The van der Waals surface area contributed by atoms with Crippen LogP contribution in [0.2, 0.25) is 4.47 Å². The molecule has 1 saturated carbocycles. The van der Waals surface area contributed by atoms with Crippen LogP contribution in [-0.4, -0.2) is 31.2 Å². The Morgan fingerprint density at radius 3 is 2.88 bits per heavy atom. The molecule has 1 fully saturated rings. The summed E-state index contributed by atoms with van der Waals surface area (Å²) >= 11 is 6.53. The Labute approximate surface area is 109 Å². The highest BCUT2D eigenvalue weighted by atomic mass is 35.5. The van der Waals surface area contributed by atoms with Crippen LogP contribution in [0.25, 0.3) is 0 Å². The Bertz CT molecular complexity index is 488. The van der Waals surface area contributed by atoms with Gasteiger partial charge in [-0.3, -0.25) is 0 Å². The normalized spacial score (nSPS) is 25.3. The van der Waals surface area contributed by atoms with Gasteiger partial charge in [-0.2, -0.15) is 0 Å². The van der Waals surface area contributed by atoms with Gasteiger partial charge in [0.25, 0.3) is 10.0 Å². The van der Waals surface area contributed by atoms with Crippen molar-refractivity contribution in [3.8, 4) is 0 Å². The number of thiazole rings is 1. The highest BCUT2D eigenvalue weighted by molar-refractivity contribution is 7.91. The van der Waals surface area contributed by atoms with E-state index >= 15 is 0 Å². The molecule has 96 valence electrons. The molecular formula is C9H13ClN2O3S2. The van der Waals surface area contributed by atoms with Gasteiger partial charge >= 0.3 is 0 Å². The molecule has 0 saturated heterocycles. The third-order valence-corrected chi connectivity index (χ3v) is 5.80. The van der Waals surface area contributed by atoms with Crippen molar-refractivity contribution in [1.29, 1.82) is 0 Å². The number of hydrogen-bond acceptors (Lipinski definition) is 5. The van der Waals surface area contributed by atoms with Gasteiger partial charge < -0.3 is 5.11 Å². The van der Waals surface area contributed by atoms with E-state index in [1.54, 1.807) is 0 Å². The lowest BCUT2D eigenvalue weighted by atomic mass is 10.1. The molecule has 0 aliphatic heterocycles. The van der Waals surface area contributed by atoms with E-state index in [0.29, 0.717) is 13.0 Å². The van der Waals surface area contributed by atoms with Crippen LogP contribution >= 0.6 is 22.9 Å². The molecule has 0 bridgehead atoms. The van der Waals surface area contributed by atoms with Gasteiger partial charge in [0.05, 0.1) is 12.3 Å².